The van der Waals surface area contributed by atoms with Crippen molar-refractivity contribution in [2.75, 3.05) is 0 Å². The molecule has 0 bridgehead atoms. The normalized spacial score (nSPS) is 11.5. The first-order chi connectivity index (χ1) is 11.8. The van der Waals surface area contributed by atoms with Crippen LogP contribution in [-0.4, -0.2) is 14.5 Å². The van der Waals surface area contributed by atoms with Crippen molar-refractivity contribution in [3.63, 3.8) is 0 Å². The summed E-state index contributed by atoms with van der Waals surface area (Å²) in [4.78, 5) is 0. The van der Waals surface area contributed by atoms with E-state index in [0.29, 0.717) is 0 Å². The maximum absolute atomic E-state index is 9.75. The van der Waals surface area contributed by atoms with Gasteiger partial charge in [0.2, 0.25) is 5.52 Å². The van der Waals surface area contributed by atoms with Gasteiger partial charge in [0.15, 0.2) is 18.6 Å². The molecule has 0 unspecified atom stereocenters. The predicted molar refractivity (Wildman–Crippen MR) is 84.2 cm³/mol. The molecule has 0 aliphatic heterocycles. The van der Waals surface area contributed by atoms with Gasteiger partial charge in [-0.05, 0) is 12.1 Å². The second-order valence-electron chi connectivity index (χ2n) is 5.22. The molecule has 0 saturated carbocycles. The van der Waals surface area contributed by atoms with Crippen molar-refractivity contribution in [2.45, 2.75) is 0 Å². The smallest absolute Gasteiger partial charge is 0.418 e. The summed E-state index contributed by atoms with van der Waals surface area (Å²) in [7, 11) is -7.87. The fourth-order valence-electron chi connectivity index (χ4n) is 2.23. The number of nitrogens with zero attached hydrogens (tertiary/aromatic N) is 2. The van der Waals surface area contributed by atoms with Gasteiger partial charge in [-0.25, -0.2) is 9.13 Å². The van der Waals surface area contributed by atoms with Crippen LogP contribution >= 0.6 is 0 Å². The molecule has 2 nitrogen and oxygen atoms in total. The quantitative estimate of drug-likeness (QED) is 0.237. The van der Waals surface area contributed by atoms with Gasteiger partial charge >= 0.3 is 14.5 Å². The van der Waals surface area contributed by atoms with Gasteiger partial charge in [-0.1, -0.05) is 0 Å². The van der Waals surface area contributed by atoms with Crippen LogP contribution in [0.5, 0.6) is 0 Å². The molecule has 12 heteroatoms. The summed E-state index contributed by atoms with van der Waals surface area (Å²) in [5, 5.41) is 3.90. The van der Waals surface area contributed by atoms with E-state index < -0.39 is 14.5 Å². The molecule has 0 N–H and O–H groups in total. The zero-order valence-corrected chi connectivity index (χ0v) is 13.7. The predicted octanol–water partition coefficient (Wildman–Crippen LogP) is 4.24. The molecule has 2 aromatic heterocycles. The molecule has 142 valence electrons. The Balaban J connectivity index is 0.000000284. The Hall–Kier alpha value is -2.39. The van der Waals surface area contributed by atoms with E-state index in [2.05, 4.69) is 72.2 Å². The van der Waals surface area contributed by atoms with Crippen LogP contribution in [0.1, 0.15) is 0 Å². The number of hydrogen-bond acceptors (Lipinski definition) is 0. The van der Waals surface area contributed by atoms with Crippen molar-refractivity contribution in [1.29, 1.82) is 0 Å². The second kappa shape index (κ2) is 8.33. The van der Waals surface area contributed by atoms with E-state index in [4.69, 9.17) is 0 Å². The highest BCUT2D eigenvalue weighted by atomic mass is 19.5. The van der Waals surface area contributed by atoms with Gasteiger partial charge in [-0.2, -0.15) is 0 Å². The average Bonchev–Trinajstić information content (AvgIpc) is 2.43. The van der Waals surface area contributed by atoms with E-state index in [1.165, 1.54) is 21.7 Å². The molecule has 0 fully saturated rings. The maximum atomic E-state index is 9.75. The standard InChI is InChI=1S/C14H14N2.2BF4/c1-15-9-7-12-11(10-15)5-6-14-13(12)4-3-8-16(14)2;2*2-1(3,4)5/h3-10H,1-2H3;;/q+2;2*-1. The molecule has 0 saturated heterocycles. The third kappa shape index (κ3) is 8.13. The van der Waals surface area contributed by atoms with Gasteiger partial charge < -0.3 is 34.5 Å². The van der Waals surface area contributed by atoms with Gasteiger partial charge in [0, 0.05) is 29.0 Å². The van der Waals surface area contributed by atoms with Crippen molar-refractivity contribution in [3.8, 4) is 0 Å². The summed E-state index contributed by atoms with van der Waals surface area (Å²) in [5.74, 6) is 0. The Kier molecular flexibility index (Phi) is 6.93. The lowest BCUT2D eigenvalue weighted by molar-refractivity contribution is -0.670. The molecular formula is C14H14B2F8N2. The van der Waals surface area contributed by atoms with Gasteiger partial charge in [0.05, 0.1) is 5.39 Å². The van der Waals surface area contributed by atoms with E-state index in [1.54, 1.807) is 0 Å². The van der Waals surface area contributed by atoms with Crippen LogP contribution in [0.15, 0.2) is 48.9 Å². The maximum Gasteiger partial charge on any atom is 0.673 e. The molecule has 26 heavy (non-hydrogen) atoms. The summed E-state index contributed by atoms with van der Waals surface area (Å²) < 4.78 is 82.2. The summed E-state index contributed by atoms with van der Waals surface area (Å²) >= 11 is 0. The minimum atomic E-state index is -6.00. The number of rotatable bonds is 0. The number of hydrogen-bond donors (Lipinski definition) is 0. The zero-order chi connectivity index (χ0) is 20.1. The Morgan fingerprint density at radius 2 is 1.23 bits per heavy atom. The number of aromatic nitrogens is 2. The van der Waals surface area contributed by atoms with E-state index in [1.807, 2.05) is 0 Å². The Morgan fingerprint density at radius 3 is 1.77 bits per heavy atom. The molecule has 0 aliphatic carbocycles. The fraction of sp³-hybridized carbons (Fsp3) is 0.143. The molecule has 0 spiro atoms. The van der Waals surface area contributed by atoms with Crippen LogP contribution in [0.25, 0.3) is 21.7 Å². The Morgan fingerprint density at radius 1 is 0.692 bits per heavy atom. The first-order valence-electron chi connectivity index (χ1n) is 7.17. The Labute approximate surface area is 143 Å². The van der Waals surface area contributed by atoms with Gasteiger partial charge in [-0.15, -0.1) is 0 Å². The average molecular weight is 384 g/mol. The minimum Gasteiger partial charge on any atom is -0.418 e. The first-order valence-corrected chi connectivity index (χ1v) is 7.17. The molecule has 3 aromatic rings. The molecule has 0 amide bonds. The monoisotopic (exact) mass is 384 g/mol. The third-order valence-electron chi connectivity index (χ3n) is 3.07. The van der Waals surface area contributed by atoms with E-state index >= 15 is 0 Å². The highest BCUT2D eigenvalue weighted by Gasteiger charge is 2.21. The number of benzene rings is 1. The van der Waals surface area contributed by atoms with Crippen molar-refractivity contribution in [1.82, 2.24) is 0 Å². The number of pyridine rings is 2. The number of fused-ring (bicyclic) bond motifs is 3. The highest BCUT2D eigenvalue weighted by molar-refractivity contribution is 6.50. The summed E-state index contributed by atoms with van der Waals surface area (Å²) in [5.41, 5.74) is 1.27. The Bertz CT molecular complexity index is 856. The largest absolute Gasteiger partial charge is 0.673 e. The van der Waals surface area contributed by atoms with Crippen LogP contribution in [0.3, 0.4) is 0 Å². The van der Waals surface area contributed by atoms with Crippen LogP contribution in [0.4, 0.5) is 34.5 Å². The molecule has 3 rings (SSSR count). The van der Waals surface area contributed by atoms with Gasteiger partial charge in [0.1, 0.15) is 14.1 Å². The van der Waals surface area contributed by atoms with Crippen molar-refractivity contribution in [2.24, 2.45) is 14.1 Å². The third-order valence-corrected chi connectivity index (χ3v) is 3.07. The molecule has 2 heterocycles. The van der Waals surface area contributed by atoms with Crippen LogP contribution in [0.2, 0.25) is 0 Å². The topological polar surface area (TPSA) is 7.76 Å². The zero-order valence-electron chi connectivity index (χ0n) is 13.7. The van der Waals surface area contributed by atoms with Gasteiger partial charge in [-0.3, -0.25) is 0 Å². The lowest BCUT2D eigenvalue weighted by Gasteiger charge is -2.00. The van der Waals surface area contributed by atoms with E-state index in [9.17, 15) is 34.5 Å². The SMILES string of the molecule is C[n+]1ccc2c(ccc3c2ccc[n+]3C)c1.F[B-](F)(F)F.F[B-](F)(F)F. The number of aryl methyl sites for hydroxylation is 2. The van der Waals surface area contributed by atoms with Crippen molar-refractivity contribution < 1.29 is 43.7 Å². The van der Waals surface area contributed by atoms with Crippen molar-refractivity contribution >= 4 is 36.2 Å². The van der Waals surface area contributed by atoms with E-state index in [0.717, 1.165) is 0 Å². The fourth-order valence-corrected chi connectivity index (χ4v) is 2.23. The van der Waals surface area contributed by atoms with E-state index in [-0.39, 0.29) is 0 Å². The first kappa shape index (κ1) is 21.7. The lowest BCUT2D eigenvalue weighted by Crippen LogP contribution is -2.28. The lowest BCUT2D eigenvalue weighted by atomic mass is 10.1. The van der Waals surface area contributed by atoms with Gasteiger partial charge in [0.25, 0.3) is 0 Å². The van der Waals surface area contributed by atoms with Crippen molar-refractivity contribution in [3.05, 3.63) is 48.9 Å². The molecule has 1 aromatic carbocycles. The molecule has 0 radical (unpaired) electrons. The highest BCUT2D eigenvalue weighted by Crippen LogP contribution is 2.21. The molecular weight excluding hydrogens is 370 g/mol. The van der Waals surface area contributed by atoms with Crippen LogP contribution in [0, 0.1) is 0 Å². The number of halogens is 8. The van der Waals surface area contributed by atoms with Crippen LogP contribution < -0.4 is 9.13 Å². The van der Waals surface area contributed by atoms with Crippen LogP contribution in [-0.2, 0) is 14.1 Å². The summed E-state index contributed by atoms with van der Waals surface area (Å²) in [6.45, 7) is 0. The minimum absolute atomic E-state index is 1.27. The molecule has 0 aliphatic rings. The second-order valence-corrected chi connectivity index (χ2v) is 5.22. The summed E-state index contributed by atoms with van der Waals surface area (Å²) in [6, 6.07) is 10.8. The summed E-state index contributed by atoms with van der Waals surface area (Å²) in [6.07, 6.45) is 6.33. The molecule has 0 atom stereocenters.